The summed E-state index contributed by atoms with van der Waals surface area (Å²) in [7, 11) is 0. The Morgan fingerprint density at radius 3 is 1.27 bits per heavy atom. The summed E-state index contributed by atoms with van der Waals surface area (Å²) in [5.74, 6) is 1.25. The zero-order valence-electron chi connectivity index (χ0n) is 19.6. The van der Waals surface area contributed by atoms with Gasteiger partial charge in [0.2, 0.25) is 11.8 Å². The number of rotatable bonds is 4. The summed E-state index contributed by atoms with van der Waals surface area (Å²) < 4.78 is 12.9. The Morgan fingerprint density at radius 2 is 0.838 bits per heavy atom. The first-order chi connectivity index (χ1) is 18.2. The Morgan fingerprint density at radius 1 is 0.432 bits per heavy atom. The van der Waals surface area contributed by atoms with E-state index in [1.165, 1.54) is 0 Å². The molecule has 37 heavy (non-hydrogen) atoms. The van der Waals surface area contributed by atoms with Crippen molar-refractivity contribution >= 4 is 38.1 Å². The summed E-state index contributed by atoms with van der Waals surface area (Å²) in [6.45, 7) is 0. The minimum atomic E-state index is 0.627. The van der Waals surface area contributed by atoms with Crippen LogP contribution in [0.4, 0.5) is 0 Å². The molecule has 0 aliphatic rings. The van der Waals surface area contributed by atoms with E-state index in [4.69, 9.17) is 8.83 Å². The maximum atomic E-state index is 5.92. The lowest BCUT2D eigenvalue weighted by atomic mass is 9.98. The predicted octanol–water partition coefficient (Wildman–Crippen LogP) is 9.40. The highest BCUT2D eigenvalue weighted by atomic mass is 79.9. The molecular formula is C32H19BrN2O2. The number of oxazole rings is 2. The molecule has 2 heterocycles. The van der Waals surface area contributed by atoms with Gasteiger partial charge in [-0.25, -0.2) is 9.97 Å². The number of para-hydroxylation sites is 4. The van der Waals surface area contributed by atoms with Gasteiger partial charge in [-0.3, -0.25) is 0 Å². The molecule has 0 spiro atoms. The molecule has 5 aromatic carbocycles. The smallest absolute Gasteiger partial charge is 0.227 e. The fourth-order valence-corrected chi connectivity index (χ4v) is 5.02. The third kappa shape index (κ3) is 4.13. The third-order valence-corrected chi connectivity index (χ3v) is 6.87. The Kier molecular flexibility index (Phi) is 5.22. The number of benzene rings is 5. The van der Waals surface area contributed by atoms with Gasteiger partial charge in [-0.2, -0.15) is 0 Å². The van der Waals surface area contributed by atoms with Crippen molar-refractivity contribution in [3.8, 4) is 45.2 Å². The largest absolute Gasteiger partial charge is 0.436 e. The average molecular weight is 543 g/mol. The van der Waals surface area contributed by atoms with Crippen LogP contribution in [0.1, 0.15) is 0 Å². The standard InChI is InChI=1S/C32H19BrN2O2/c33-26-18-24(20-9-13-22(14-10-20)31-34-27-5-1-3-7-29(27)36-31)17-25(19-26)21-11-15-23(16-12-21)32-35-28-6-2-4-8-30(28)37-32/h1-19H. The minimum Gasteiger partial charge on any atom is -0.436 e. The molecule has 7 rings (SSSR count). The summed E-state index contributed by atoms with van der Waals surface area (Å²) in [5, 5.41) is 0. The first-order valence-electron chi connectivity index (χ1n) is 11.9. The number of aromatic nitrogens is 2. The Hall–Kier alpha value is -4.48. The molecule has 2 aromatic heterocycles. The minimum absolute atomic E-state index is 0.627. The lowest BCUT2D eigenvalue weighted by Gasteiger charge is -2.09. The van der Waals surface area contributed by atoms with Crippen LogP contribution < -0.4 is 0 Å². The second-order valence-electron chi connectivity index (χ2n) is 8.86. The first kappa shape index (κ1) is 21.8. The number of nitrogens with zero attached hydrogens (tertiary/aromatic N) is 2. The van der Waals surface area contributed by atoms with Gasteiger partial charge in [0.05, 0.1) is 0 Å². The summed E-state index contributed by atoms with van der Waals surface area (Å²) in [4.78, 5) is 9.22. The maximum Gasteiger partial charge on any atom is 0.227 e. The molecule has 0 saturated carbocycles. The van der Waals surface area contributed by atoms with Crippen molar-refractivity contribution in [1.82, 2.24) is 9.97 Å². The molecule has 0 radical (unpaired) electrons. The molecule has 176 valence electrons. The van der Waals surface area contributed by atoms with E-state index in [1.54, 1.807) is 0 Å². The van der Waals surface area contributed by atoms with E-state index in [0.717, 1.165) is 60.1 Å². The van der Waals surface area contributed by atoms with Crippen molar-refractivity contribution in [3.63, 3.8) is 0 Å². The van der Waals surface area contributed by atoms with Crippen LogP contribution in [0.2, 0.25) is 0 Å². The molecule has 0 N–H and O–H groups in total. The first-order valence-corrected chi connectivity index (χ1v) is 12.7. The lowest BCUT2D eigenvalue weighted by molar-refractivity contribution is 0.619. The molecule has 0 unspecified atom stereocenters. The molecular weight excluding hydrogens is 524 g/mol. The van der Waals surface area contributed by atoms with Crippen LogP contribution in [0.25, 0.3) is 67.4 Å². The van der Waals surface area contributed by atoms with Crippen LogP contribution >= 0.6 is 15.9 Å². The highest BCUT2D eigenvalue weighted by Gasteiger charge is 2.11. The molecule has 0 aliphatic carbocycles. The van der Waals surface area contributed by atoms with Crippen LogP contribution in [0.15, 0.2) is 129 Å². The number of fused-ring (bicyclic) bond motifs is 2. The SMILES string of the molecule is Brc1cc(-c2ccc(-c3nc4ccccc4o3)cc2)cc(-c2ccc(-c3nc4ccccc4o3)cc2)c1. The van der Waals surface area contributed by atoms with E-state index < -0.39 is 0 Å². The number of hydrogen-bond acceptors (Lipinski definition) is 4. The molecule has 0 fully saturated rings. The highest BCUT2D eigenvalue weighted by Crippen LogP contribution is 2.33. The second-order valence-corrected chi connectivity index (χ2v) is 9.77. The monoisotopic (exact) mass is 542 g/mol. The van der Waals surface area contributed by atoms with Gasteiger partial charge in [0.25, 0.3) is 0 Å². The maximum absolute atomic E-state index is 5.92. The molecule has 0 atom stereocenters. The van der Waals surface area contributed by atoms with Gasteiger partial charge >= 0.3 is 0 Å². The van der Waals surface area contributed by atoms with Crippen molar-refractivity contribution in [3.05, 3.63) is 120 Å². The summed E-state index contributed by atoms with van der Waals surface area (Å²) >= 11 is 3.70. The fourth-order valence-electron chi connectivity index (χ4n) is 4.52. The highest BCUT2D eigenvalue weighted by molar-refractivity contribution is 9.10. The molecule has 0 saturated heterocycles. The van der Waals surface area contributed by atoms with Crippen molar-refractivity contribution in [2.24, 2.45) is 0 Å². The summed E-state index contributed by atoms with van der Waals surface area (Å²) in [6, 6.07) is 38.7. The van der Waals surface area contributed by atoms with E-state index >= 15 is 0 Å². The van der Waals surface area contributed by atoms with Crippen molar-refractivity contribution < 1.29 is 8.83 Å². The second kappa shape index (κ2) is 8.87. The van der Waals surface area contributed by atoms with Crippen LogP contribution in [0.3, 0.4) is 0 Å². The molecule has 0 bridgehead atoms. The Labute approximate surface area is 221 Å². The zero-order chi connectivity index (χ0) is 24.8. The van der Waals surface area contributed by atoms with E-state index in [1.807, 2.05) is 48.5 Å². The molecule has 0 aliphatic heterocycles. The van der Waals surface area contributed by atoms with E-state index in [9.17, 15) is 0 Å². The van der Waals surface area contributed by atoms with E-state index in [0.29, 0.717) is 11.8 Å². The van der Waals surface area contributed by atoms with Crippen LogP contribution in [-0.2, 0) is 0 Å². The van der Waals surface area contributed by atoms with Crippen molar-refractivity contribution in [1.29, 1.82) is 0 Å². The molecule has 5 heteroatoms. The van der Waals surface area contributed by atoms with Crippen molar-refractivity contribution in [2.45, 2.75) is 0 Å². The summed E-state index contributed by atoms with van der Waals surface area (Å²) in [6.07, 6.45) is 0. The topological polar surface area (TPSA) is 52.1 Å². The summed E-state index contributed by atoms with van der Waals surface area (Å²) in [5.41, 5.74) is 9.68. The average Bonchev–Trinajstić information content (AvgIpc) is 3.58. The number of hydrogen-bond donors (Lipinski definition) is 0. The van der Waals surface area contributed by atoms with E-state index in [-0.39, 0.29) is 0 Å². The predicted molar refractivity (Wildman–Crippen MR) is 151 cm³/mol. The Balaban J connectivity index is 1.18. The van der Waals surface area contributed by atoms with Gasteiger partial charge in [0.1, 0.15) is 11.0 Å². The van der Waals surface area contributed by atoms with Crippen LogP contribution in [-0.4, -0.2) is 9.97 Å². The van der Waals surface area contributed by atoms with Crippen molar-refractivity contribution in [2.75, 3.05) is 0 Å². The fraction of sp³-hybridized carbons (Fsp3) is 0. The molecule has 4 nitrogen and oxygen atoms in total. The molecule has 7 aromatic rings. The zero-order valence-corrected chi connectivity index (χ0v) is 21.1. The van der Waals surface area contributed by atoms with Gasteiger partial charge < -0.3 is 8.83 Å². The third-order valence-electron chi connectivity index (χ3n) is 6.42. The van der Waals surface area contributed by atoms with Crippen LogP contribution in [0.5, 0.6) is 0 Å². The van der Waals surface area contributed by atoms with Gasteiger partial charge in [0.15, 0.2) is 11.2 Å². The van der Waals surface area contributed by atoms with Gasteiger partial charge in [-0.15, -0.1) is 0 Å². The van der Waals surface area contributed by atoms with Gasteiger partial charge in [-0.05, 0) is 89.0 Å². The quantitative estimate of drug-likeness (QED) is 0.222. The lowest BCUT2D eigenvalue weighted by Crippen LogP contribution is -1.85. The normalized spacial score (nSPS) is 11.4. The van der Waals surface area contributed by atoms with Crippen LogP contribution in [0, 0.1) is 0 Å². The Bertz CT molecular complexity index is 1680. The number of halogens is 1. The van der Waals surface area contributed by atoms with Gasteiger partial charge in [-0.1, -0.05) is 64.5 Å². The van der Waals surface area contributed by atoms with Gasteiger partial charge in [0, 0.05) is 15.6 Å². The molecule has 0 amide bonds. The van der Waals surface area contributed by atoms with E-state index in [2.05, 4.69) is 92.6 Å².